The molecular formula is C77H103Br4ClN14O11S10. The van der Waals surface area contributed by atoms with Gasteiger partial charge in [0.2, 0.25) is 11.8 Å². The van der Waals surface area contributed by atoms with Crippen molar-refractivity contribution in [1.82, 2.24) is 59.7 Å². The molecule has 10 heterocycles. The Labute approximate surface area is 771 Å². The summed E-state index contributed by atoms with van der Waals surface area (Å²) in [6, 6.07) is 19.2. The van der Waals surface area contributed by atoms with E-state index in [2.05, 4.69) is 183 Å². The number of Topliss-reactive ketones (excluding diaryl/α,β-unsaturated/α-hetero) is 3. The SMILES string of the molecule is C.CC(=O)c1nn(CC(=O)N2[C@H](C)CC[C@H]2C(=O)Nc2nc(Br)ccc2C)c2ccc(-c3cnc(C)nc3)cc12.C[C@@H]1CC[C@@H](C(=O)O)N1C(=O)OC(C)(C)C.Cc1ccc(Br)nc1CC(=O)[C@@H]1CC[C@@H](C)N1.Cc1ccc(Br)nc1CC(=O)[C@@H]1CC[C@@H](C)N1C(=O)OC(C)(C)C.Cc1ccc(Br)nc1N.Cl.S.S=S.S=S=S.S=S=S=S. The standard InChI is InChI=1S/C28H28BrN7O3.C18H25BrN2O3.C13H17BrN2O.C11H19NO4.C6H7BrN2.CH4.ClH.S4.S3.S2.H2S/c1-15-5-10-24(29)32-27(15)33-28(39)23-8-6-16(2)36(23)25(38)14-35-22-9-7-19(20-12-30-18(4)31-13-20)11-21(22)26(34-35)17(3)37;1-11-6-9-16(19)20-13(11)10-15(22)14-8-7-12(2)21(14)17(23)24-18(3,4)5;1-8-3-6-13(14)16-11(8)7-12(17)10-5-4-9(2)15-10;1-7-5-6-8(9(13)14)12(7)10(15)16-11(2,3)4;1-4-2-3-5(7)9-6(4)8;;;1-3-4-2;1-3-2;1-2;/h5,7,9-13,16,23H,6,8,14H2,1-4H3,(H,32,33,39);6,9,12,14H,7-8,10H2,1-5H3;3,6,9-10,15H,4-5,7H2,1-2H3;7-8H,5-6H2,1-4H3,(H,13,14);2-3H,1H3,(H2,8,9);1H4;1H;;;;1H2/t16-,23+;12-,14+;9-,10+;7-,8+;;;;;;;/m1111......./s1. The third-order valence-corrected chi connectivity index (χ3v) is 22.1. The Kier molecular flexibility index (Phi) is 49.5. The summed E-state index contributed by atoms with van der Waals surface area (Å²) < 4.78 is 15.1. The quantitative estimate of drug-likeness (QED) is 0.0615. The number of ether oxygens (including phenoxy) is 2. The van der Waals surface area contributed by atoms with Crippen molar-refractivity contribution in [3.63, 3.8) is 0 Å². The zero-order valence-electron chi connectivity index (χ0n) is 67.0. The normalized spacial score (nSPS) is 18.0. The number of hydrogen-bond acceptors (Lipinski definition) is 25. The lowest BCUT2D eigenvalue weighted by Crippen LogP contribution is -2.47. The van der Waals surface area contributed by atoms with Gasteiger partial charge >= 0.3 is 18.2 Å². The number of ketones is 3. The molecule has 5 N–H and O–H groups in total. The minimum absolute atomic E-state index is 0. The molecule has 8 atom stereocenters. The van der Waals surface area contributed by atoms with Crippen LogP contribution in [0, 0.1) is 34.6 Å². The molecule has 0 spiro atoms. The maximum absolute atomic E-state index is 13.6. The molecule has 117 heavy (non-hydrogen) atoms. The van der Waals surface area contributed by atoms with Crippen molar-refractivity contribution >= 4 is 253 Å². The second-order valence-electron chi connectivity index (χ2n) is 29.2. The number of halogens is 5. The molecule has 6 aromatic heterocycles. The smallest absolute Gasteiger partial charge is 0.411 e. The van der Waals surface area contributed by atoms with Gasteiger partial charge in [0.25, 0.3) is 0 Å². The van der Waals surface area contributed by atoms with Crippen LogP contribution in [0.4, 0.5) is 21.2 Å². The molecule has 4 aliphatic rings. The molecule has 4 amide bonds. The van der Waals surface area contributed by atoms with Gasteiger partial charge in [-0.1, -0.05) is 37.8 Å². The molecule has 0 radical (unpaired) electrons. The summed E-state index contributed by atoms with van der Waals surface area (Å²) in [5.74, 6) is 0.298. The van der Waals surface area contributed by atoms with Gasteiger partial charge in [-0.25, -0.2) is 44.3 Å². The number of carbonyl (C=O) groups excluding carboxylic acids is 7. The molecule has 4 saturated heterocycles. The van der Waals surface area contributed by atoms with Gasteiger partial charge in [0.15, 0.2) is 17.3 Å². The number of aryl methyl sites for hydroxylation is 5. The number of hydrogen-bond donors (Lipinski definition) is 4. The lowest BCUT2D eigenvalue weighted by atomic mass is 10.0. The Morgan fingerprint density at radius 1 is 0.590 bits per heavy atom. The van der Waals surface area contributed by atoms with Crippen LogP contribution in [0.2, 0.25) is 0 Å². The topological polar surface area (TPSA) is 330 Å². The van der Waals surface area contributed by atoms with Crippen molar-refractivity contribution in [1.29, 1.82) is 0 Å². The monoisotopic (exact) mass is 2070 g/mol. The van der Waals surface area contributed by atoms with Crippen molar-refractivity contribution in [2.24, 2.45) is 0 Å². The number of anilines is 2. The lowest BCUT2D eigenvalue weighted by molar-refractivity contribution is -0.142. The van der Waals surface area contributed by atoms with Gasteiger partial charge in [0, 0.05) is 148 Å². The van der Waals surface area contributed by atoms with Gasteiger partial charge in [0.05, 0.1) is 41.8 Å². The number of aliphatic carboxylic acids is 1. The van der Waals surface area contributed by atoms with Crippen LogP contribution in [0.25, 0.3) is 22.0 Å². The Bertz CT molecular complexity index is 4680. The largest absolute Gasteiger partial charge is 0.480 e. The molecule has 4 fully saturated rings. The zero-order valence-corrected chi connectivity index (χ0v) is 82.5. The van der Waals surface area contributed by atoms with E-state index in [-0.39, 0.29) is 105 Å². The fourth-order valence-electron chi connectivity index (χ4n) is 12.5. The molecule has 1 aromatic carbocycles. The van der Waals surface area contributed by atoms with Gasteiger partial charge in [-0.05, 0) is 283 Å². The van der Waals surface area contributed by atoms with Crippen molar-refractivity contribution in [3.8, 4) is 11.1 Å². The van der Waals surface area contributed by atoms with Crippen LogP contribution in [0.1, 0.15) is 185 Å². The maximum atomic E-state index is 13.6. The van der Waals surface area contributed by atoms with Crippen LogP contribution < -0.4 is 16.4 Å². The number of nitrogen functional groups attached to an aromatic ring is 1. The van der Waals surface area contributed by atoms with Gasteiger partial charge < -0.3 is 35.8 Å². The molecule has 11 rings (SSSR count). The number of carboxylic acids is 1. The minimum atomic E-state index is -0.963. The molecule has 0 aliphatic carbocycles. The number of likely N-dealkylation sites (tertiary alicyclic amines) is 3. The molecule has 7 aromatic rings. The molecular weight excluding hydrogens is 1970 g/mol. The van der Waals surface area contributed by atoms with E-state index in [4.69, 9.17) is 20.3 Å². The fraction of sp³-hybridized carbons (Fsp3) is 0.494. The number of aromatic nitrogens is 8. The van der Waals surface area contributed by atoms with Crippen LogP contribution >= 0.6 is 89.6 Å². The number of pyridine rings is 4. The van der Waals surface area contributed by atoms with Crippen molar-refractivity contribution in [2.75, 3.05) is 11.1 Å². The zero-order chi connectivity index (χ0) is 85.8. The average molecular weight is 2080 g/mol. The Balaban J connectivity index is 0.000000757. The summed E-state index contributed by atoms with van der Waals surface area (Å²) in [6.45, 7) is 29.5. The van der Waals surface area contributed by atoms with Gasteiger partial charge in [-0.15, -0.1) is 12.4 Å². The summed E-state index contributed by atoms with van der Waals surface area (Å²) >= 11 is 37.5. The van der Waals surface area contributed by atoms with E-state index < -0.39 is 47.5 Å². The average Bonchev–Trinajstić information content (AvgIpc) is 1.63. The highest BCUT2D eigenvalue weighted by Crippen LogP contribution is 2.33. The third-order valence-electron chi connectivity index (χ3n) is 18.2. The number of nitrogens with zero attached hydrogens (tertiary/aromatic N) is 11. The first kappa shape index (κ1) is 110. The lowest BCUT2D eigenvalue weighted by Gasteiger charge is -2.30. The van der Waals surface area contributed by atoms with E-state index >= 15 is 0 Å². The number of rotatable bonds is 13. The highest BCUT2D eigenvalue weighted by Gasteiger charge is 2.43. The van der Waals surface area contributed by atoms with E-state index in [1.165, 1.54) is 29.6 Å². The summed E-state index contributed by atoms with van der Waals surface area (Å²) in [4.78, 5) is 130. The first-order chi connectivity index (χ1) is 53.5. The third kappa shape index (κ3) is 35.2. The molecule has 4 aliphatic heterocycles. The molecule has 25 nitrogen and oxygen atoms in total. The first-order valence-corrected chi connectivity index (χ1v) is 47.1. The number of carboxylic acid groups (broad SMARTS) is 1. The number of carbonyl (C=O) groups is 8. The number of nitrogens with two attached hydrogens (primary N) is 1. The van der Waals surface area contributed by atoms with Crippen molar-refractivity contribution < 1.29 is 52.9 Å². The van der Waals surface area contributed by atoms with Gasteiger partial charge in [-0.2, -0.15) is 18.6 Å². The number of fused-ring (bicyclic) bond motifs is 1. The summed E-state index contributed by atoms with van der Waals surface area (Å²) in [5, 5.41) is 20.4. The minimum Gasteiger partial charge on any atom is -0.480 e. The first-order valence-electron chi connectivity index (χ1n) is 35.9. The van der Waals surface area contributed by atoms with Crippen LogP contribution in [0.15, 0.2) is 97.5 Å². The van der Waals surface area contributed by atoms with E-state index in [1.807, 2.05) is 137 Å². The Hall–Kier alpha value is -5.37. The van der Waals surface area contributed by atoms with Crippen LogP contribution in [-0.4, -0.2) is 166 Å². The predicted molar refractivity (Wildman–Crippen MR) is 507 cm³/mol. The fourth-order valence-corrected chi connectivity index (χ4v) is 13.8. The van der Waals surface area contributed by atoms with Gasteiger partial charge in [-0.3, -0.25) is 38.5 Å². The molecule has 0 bridgehead atoms. The van der Waals surface area contributed by atoms with Crippen LogP contribution in [-0.2, 0) is 147 Å². The number of nitrogens with one attached hydrogen (secondary N) is 2. The maximum Gasteiger partial charge on any atom is 0.411 e. The predicted octanol–water partition coefficient (Wildman–Crippen LogP) is 15.7. The van der Waals surface area contributed by atoms with Gasteiger partial charge in [0.1, 0.15) is 71.4 Å². The van der Waals surface area contributed by atoms with E-state index in [9.17, 15) is 38.4 Å². The number of benzene rings is 1. The summed E-state index contributed by atoms with van der Waals surface area (Å²) in [5.41, 5.74) is 12.4. The van der Waals surface area contributed by atoms with E-state index in [0.29, 0.717) is 82.1 Å². The van der Waals surface area contributed by atoms with Crippen molar-refractivity contribution in [3.05, 3.63) is 143 Å². The second kappa shape index (κ2) is 52.8. The number of amides is 4. The van der Waals surface area contributed by atoms with Crippen LogP contribution in [0.3, 0.4) is 0 Å². The Morgan fingerprint density at radius 3 is 1.47 bits per heavy atom. The highest BCUT2D eigenvalue weighted by molar-refractivity contribution is 9.11. The molecule has 0 unspecified atom stereocenters. The second-order valence-corrected chi connectivity index (χ2v) is 37.7. The van der Waals surface area contributed by atoms with Crippen molar-refractivity contribution in [2.45, 2.75) is 248 Å². The van der Waals surface area contributed by atoms with E-state index in [1.54, 1.807) is 53.7 Å². The van der Waals surface area contributed by atoms with E-state index in [0.717, 1.165) is 82.1 Å². The molecule has 40 heteroatoms. The highest BCUT2D eigenvalue weighted by atomic mass is 79.9. The van der Waals surface area contributed by atoms with Crippen LogP contribution in [0.5, 0.6) is 0 Å². The summed E-state index contributed by atoms with van der Waals surface area (Å²) in [6.07, 6.45) is 9.13. The molecule has 0 saturated carbocycles. The Morgan fingerprint density at radius 2 is 1.03 bits per heavy atom. The molecule has 642 valence electrons. The summed E-state index contributed by atoms with van der Waals surface area (Å²) in [7, 11) is 3.26.